The summed E-state index contributed by atoms with van der Waals surface area (Å²) < 4.78 is 0. The first-order valence-electron chi connectivity index (χ1n) is 8.32. The van der Waals surface area contributed by atoms with E-state index < -0.39 is 10.8 Å². The average Bonchev–Trinajstić information content (AvgIpc) is 2.62. The molecule has 0 aliphatic heterocycles. The SMILES string of the molecule is CSc1ccc([N+](=O)[O-])c(C(=O)Nc2ccc(CC(=O)NC(C)C)cc2)c1. The van der Waals surface area contributed by atoms with Gasteiger partial charge in [-0.1, -0.05) is 12.1 Å². The van der Waals surface area contributed by atoms with E-state index in [1.165, 1.54) is 23.9 Å². The summed E-state index contributed by atoms with van der Waals surface area (Å²) in [4.78, 5) is 35.7. The smallest absolute Gasteiger partial charge is 0.282 e. The summed E-state index contributed by atoms with van der Waals surface area (Å²) in [5.41, 5.74) is 1.07. The van der Waals surface area contributed by atoms with E-state index >= 15 is 0 Å². The van der Waals surface area contributed by atoms with Gasteiger partial charge in [0.2, 0.25) is 5.91 Å². The van der Waals surface area contributed by atoms with E-state index in [1.807, 2.05) is 20.1 Å². The molecule has 0 saturated carbocycles. The molecule has 2 rings (SSSR count). The quantitative estimate of drug-likeness (QED) is 0.429. The molecule has 0 fully saturated rings. The summed E-state index contributed by atoms with van der Waals surface area (Å²) >= 11 is 1.40. The lowest BCUT2D eigenvalue weighted by molar-refractivity contribution is -0.385. The van der Waals surface area contributed by atoms with Gasteiger partial charge >= 0.3 is 0 Å². The van der Waals surface area contributed by atoms with E-state index in [0.717, 1.165) is 10.5 Å². The molecule has 0 atom stereocenters. The van der Waals surface area contributed by atoms with Crippen LogP contribution >= 0.6 is 11.8 Å². The second-order valence-corrected chi connectivity index (χ2v) is 7.07. The van der Waals surface area contributed by atoms with E-state index in [9.17, 15) is 19.7 Å². The number of thioether (sulfide) groups is 1. The Morgan fingerprint density at radius 2 is 1.81 bits per heavy atom. The zero-order chi connectivity index (χ0) is 20.0. The van der Waals surface area contributed by atoms with Crippen molar-refractivity contribution < 1.29 is 14.5 Å². The van der Waals surface area contributed by atoms with Gasteiger partial charge in [-0.15, -0.1) is 11.8 Å². The number of nitrogens with one attached hydrogen (secondary N) is 2. The van der Waals surface area contributed by atoms with E-state index in [0.29, 0.717) is 5.69 Å². The van der Waals surface area contributed by atoms with Crippen LogP contribution in [-0.4, -0.2) is 29.0 Å². The fraction of sp³-hybridized carbons (Fsp3) is 0.263. The summed E-state index contributed by atoms with van der Waals surface area (Å²) in [6, 6.07) is 11.3. The van der Waals surface area contributed by atoms with Gasteiger partial charge in [0.25, 0.3) is 11.6 Å². The monoisotopic (exact) mass is 387 g/mol. The summed E-state index contributed by atoms with van der Waals surface area (Å²) in [6.45, 7) is 3.78. The van der Waals surface area contributed by atoms with Crippen molar-refractivity contribution in [3.8, 4) is 0 Å². The lowest BCUT2D eigenvalue weighted by Crippen LogP contribution is -2.31. The van der Waals surface area contributed by atoms with Crippen LogP contribution in [0.2, 0.25) is 0 Å². The van der Waals surface area contributed by atoms with Crippen molar-refractivity contribution in [1.82, 2.24) is 5.32 Å². The van der Waals surface area contributed by atoms with Gasteiger partial charge in [0, 0.05) is 22.7 Å². The maximum atomic E-state index is 12.5. The van der Waals surface area contributed by atoms with E-state index in [-0.39, 0.29) is 29.6 Å². The first kappa shape index (κ1) is 20.4. The highest BCUT2D eigenvalue weighted by Crippen LogP contribution is 2.25. The Kier molecular flexibility index (Phi) is 6.95. The van der Waals surface area contributed by atoms with Crippen LogP contribution in [-0.2, 0) is 11.2 Å². The number of carbonyl (C=O) groups excluding carboxylic acids is 2. The number of nitro benzene ring substituents is 1. The third-order valence-electron chi connectivity index (χ3n) is 3.67. The van der Waals surface area contributed by atoms with Crippen LogP contribution in [0.1, 0.15) is 29.8 Å². The van der Waals surface area contributed by atoms with Gasteiger partial charge in [0.15, 0.2) is 0 Å². The molecular formula is C19H21N3O4S. The second kappa shape index (κ2) is 9.18. The molecule has 142 valence electrons. The minimum atomic E-state index is -0.574. The van der Waals surface area contributed by atoms with Gasteiger partial charge in [-0.3, -0.25) is 19.7 Å². The van der Waals surface area contributed by atoms with Crippen molar-refractivity contribution in [2.24, 2.45) is 0 Å². The molecule has 0 aliphatic rings. The molecule has 7 nitrogen and oxygen atoms in total. The van der Waals surface area contributed by atoms with Crippen molar-refractivity contribution >= 4 is 35.0 Å². The van der Waals surface area contributed by atoms with Gasteiger partial charge in [0.05, 0.1) is 11.3 Å². The Morgan fingerprint density at radius 1 is 1.15 bits per heavy atom. The summed E-state index contributed by atoms with van der Waals surface area (Å²) in [7, 11) is 0. The minimum Gasteiger partial charge on any atom is -0.354 e. The lowest BCUT2D eigenvalue weighted by atomic mass is 10.1. The number of anilines is 1. The third-order valence-corrected chi connectivity index (χ3v) is 4.40. The first-order valence-corrected chi connectivity index (χ1v) is 9.54. The van der Waals surface area contributed by atoms with Crippen molar-refractivity contribution in [2.45, 2.75) is 31.2 Å². The Balaban J connectivity index is 2.12. The third kappa shape index (κ3) is 5.82. The van der Waals surface area contributed by atoms with Crippen LogP contribution in [0.15, 0.2) is 47.4 Å². The molecule has 8 heteroatoms. The highest BCUT2D eigenvalue weighted by Gasteiger charge is 2.20. The average molecular weight is 387 g/mol. The predicted molar refractivity (Wildman–Crippen MR) is 106 cm³/mol. The molecule has 0 bridgehead atoms. The molecule has 2 N–H and O–H groups in total. The number of nitro groups is 1. The fourth-order valence-corrected chi connectivity index (χ4v) is 2.89. The van der Waals surface area contributed by atoms with Crippen molar-refractivity contribution in [3.63, 3.8) is 0 Å². The molecule has 0 saturated heterocycles. The molecular weight excluding hydrogens is 366 g/mol. The summed E-state index contributed by atoms with van der Waals surface area (Å²) in [5, 5.41) is 16.7. The molecule has 27 heavy (non-hydrogen) atoms. The fourth-order valence-electron chi connectivity index (χ4n) is 2.45. The van der Waals surface area contributed by atoms with Crippen LogP contribution in [0.25, 0.3) is 0 Å². The number of rotatable bonds is 7. The lowest BCUT2D eigenvalue weighted by Gasteiger charge is -2.10. The van der Waals surface area contributed by atoms with Crippen molar-refractivity contribution in [3.05, 3.63) is 63.7 Å². The molecule has 0 spiro atoms. The first-order chi connectivity index (χ1) is 12.8. The summed E-state index contributed by atoms with van der Waals surface area (Å²) in [5.74, 6) is -0.630. The van der Waals surface area contributed by atoms with Gasteiger partial charge in [-0.05, 0) is 49.9 Å². The maximum Gasteiger partial charge on any atom is 0.282 e. The zero-order valence-electron chi connectivity index (χ0n) is 15.3. The Bertz CT molecular complexity index is 851. The van der Waals surface area contributed by atoms with Crippen LogP contribution in [0.4, 0.5) is 11.4 Å². The van der Waals surface area contributed by atoms with Crippen molar-refractivity contribution in [1.29, 1.82) is 0 Å². The molecule has 0 unspecified atom stereocenters. The number of hydrogen-bond acceptors (Lipinski definition) is 5. The number of nitrogens with zero attached hydrogens (tertiary/aromatic N) is 1. The van der Waals surface area contributed by atoms with Crippen LogP contribution in [0.5, 0.6) is 0 Å². The molecule has 2 amide bonds. The Morgan fingerprint density at radius 3 is 2.37 bits per heavy atom. The van der Waals surface area contributed by atoms with E-state index in [4.69, 9.17) is 0 Å². The Labute approximate surface area is 161 Å². The van der Waals surface area contributed by atoms with Gasteiger partial charge < -0.3 is 10.6 Å². The highest BCUT2D eigenvalue weighted by atomic mass is 32.2. The molecule has 0 radical (unpaired) electrons. The second-order valence-electron chi connectivity index (χ2n) is 6.19. The zero-order valence-corrected chi connectivity index (χ0v) is 16.1. The maximum absolute atomic E-state index is 12.5. The highest BCUT2D eigenvalue weighted by molar-refractivity contribution is 7.98. The van der Waals surface area contributed by atoms with Gasteiger partial charge in [0.1, 0.15) is 5.56 Å². The largest absolute Gasteiger partial charge is 0.354 e. The minimum absolute atomic E-state index is 0.00670. The van der Waals surface area contributed by atoms with E-state index in [2.05, 4.69) is 10.6 Å². The van der Waals surface area contributed by atoms with Gasteiger partial charge in [-0.25, -0.2) is 0 Å². The number of hydrogen-bond donors (Lipinski definition) is 2. The van der Waals surface area contributed by atoms with Crippen LogP contribution < -0.4 is 10.6 Å². The normalized spacial score (nSPS) is 10.5. The van der Waals surface area contributed by atoms with E-state index in [1.54, 1.807) is 30.3 Å². The molecule has 0 aliphatic carbocycles. The van der Waals surface area contributed by atoms with Crippen LogP contribution in [0.3, 0.4) is 0 Å². The van der Waals surface area contributed by atoms with Crippen molar-refractivity contribution in [2.75, 3.05) is 11.6 Å². The van der Waals surface area contributed by atoms with Crippen LogP contribution in [0, 0.1) is 10.1 Å². The topological polar surface area (TPSA) is 101 Å². The molecule has 0 aromatic heterocycles. The standard InChI is InChI=1S/C19H21N3O4S/c1-12(2)20-18(23)10-13-4-6-14(7-5-13)21-19(24)16-11-15(27-3)8-9-17(16)22(25)26/h4-9,11-12H,10H2,1-3H3,(H,20,23)(H,21,24). The molecule has 2 aromatic rings. The number of amides is 2. The molecule has 2 aromatic carbocycles. The Hall–Kier alpha value is -2.87. The molecule has 0 heterocycles. The number of benzene rings is 2. The summed E-state index contributed by atoms with van der Waals surface area (Å²) in [6.07, 6.45) is 2.07. The predicted octanol–water partition coefficient (Wildman–Crippen LogP) is 3.64. The van der Waals surface area contributed by atoms with Gasteiger partial charge in [-0.2, -0.15) is 0 Å². The number of carbonyl (C=O) groups is 2.